The number of halogens is 2. The molecule has 20 heavy (non-hydrogen) atoms. The summed E-state index contributed by atoms with van der Waals surface area (Å²) in [7, 11) is 0. The van der Waals surface area contributed by atoms with E-state index in [2.05, 4.69) is 21.2 Å². The summed E-state index contributed by atoms with van der Waals surface area (Å²) in [6.07, 6.45) is 0.682. The summed E-state index contributed by atoms with van der Waals surface area (Å²) in [6.45, 7) is 1.92. The van der Waals surface area contributed by atoms with Gasteiger partial charge in [-0.1, -0.05) is 41.1 Å². The Bertz CT molecular complexity index is 567. The average Bonchev–Trinajstić information content (AvgIpc) is 2.46. The molecule has 0 aliphatic rings. The van der Waals surface area contributed by atoms with Crippen molar-refractivity contribution >= 4 is 21.6 Å². The minimum absolute atomic E-state index is 0.0678. The van der Waals surface area contributed by atoms with Crippen LogP contribution in [0.5, 0.6) is 0 Å². The minimum Gasteiger partial charge on any atom is -0.394 e. The van der Waals surface area contributed by atoms with Crippen molar-refractivity contribution < 1.29 is 9.50 Å². The van der Waals surface area contributed by atoms with Gasteiger partial charge in [0.2, 0.25) is 0 Å². The molecule has 2 N–H and O–H groups in total. The van der Waals surface area contributed by atoms with E-state index in [4.69, 9.17) is 0 Å². The Morgan fingerprint density at radius 2 is 1.90 bits per heavy atom. The third kappa shape index (κ3) is 3.19. The van der Waals surface area contributed by atoms with Gasteiger partial charge in [-0.3, -0.25) is 0 Å². The Morgan fingerprint density at radius 1 is 1.20 bits per heavy atom. The molecule has 4 heteroatoms. The quantitative estimate of drug-likeness (QED) is 0.852. The molecule has 0 heterocycles. The SMILES string of the molecule is CCC(CO)(Nc1cccc(Br)c1)c1ccc(F)cc1. The van der Waals surface area contributed by atoms with Gasteiger partial charge < -0.3 is 10.4 Å². The third-order valence-corrected chi connectivity index (χ3v) is 3.97. The normalized spacial score (nSPS) is 13.8. The van der Waals surface area contributed by atoms with Crippen molar-refractivity contribution in [2.75, 3.05) is 11.9 Å². The van der Waals surface area contributed by atoms with Gasteiger partial charge in [-0.25, -0.2) is 4.39 Å². The van der Waals surface area contributed by atoms with Crippen LogP contribution in [0, 0.1) is 5.82 Å². The highest BCUT2D eigenvalue weighted by Gasteiger charge is 2.29. The lowest BCUT2D eigenvalue weighted by Crippen LogP contribution is -2.38. The van der Waals surface area contributed by atoms with E-state index < -0.39 is 5.54 Å². The highest BCUT2D eigenvalue weighted by atomic mass is 79.9. The molecular weight excluding hydrogens is 321 g/mol. The first-order chi connectivity index (χ1) is 9.59. The molecule has 2 nitrogen and oxygen atoms in total. The molecule has 0 bridgehead atoms. The van der Waals surface area contributed by atoms with Crippen molar-refractivity contribution in [2.24, 2.45) is 0 Å². The number of benzene rings is 2. The monoisotopic (exact) mass is 337 g/mol. The van der Waals surface area contributed by atoms with Crippen LogP contribution >= 0.6 is 15.9 Å². The van der Waals surface area contributed by atoms with Crippen molar-refractivity contribution in [3.8, 4) is 0 Å². The zero-order chi connectivity index (χ0) is 14.6. The summed E-state index contributed by atoms with van der Waals surface area (Å²) in [6, 6.07) is 14.0. The van der Waals surface area contributed by atoms with Crippen LogP contribution in [0.3, 0.4) is 0 Å². The van der Waals surface area contributed by atoms with Gasteiger partial charge in [-0.15, -0.1) is 0 Å². The molecule has 0 amide bonds. The summed E-state index contributed by atoms with van der Waals surface area (Å²) in [4.78, 5) is 0. The lowest BCUT2D eigenvalue weighted by molar-refractivity contribution is 0.207. The molecule has 2 aromatic carbocycles. The molecule has 1 unspecified atom stereocenters. The molecule has 0 aliphatic carbocycles. The van der Waals surface area contributed by atoms with E-state index >= 15 is 0 Å². The number of nitrogens with one attached hydrogen (secondary N) is 1. The zero-order valence-corrected chi connectivity index (χ0v) is 12.8. The topological polar surface area (TPSA) is 32.3 Å². The highest BCUT2D eigenvalue weighted by Crippen LogP contribution is 2.30. The van der Waals surface area contributed by atoms with E-state index in [-0.39, 0.29) is 12.4 Å². The number of aliphatic hydroxyl groups excluding tert-OH is 1. The molecule has 0 aromatic heterocycles. The maximum atomic E-state index is 13.1. The Kier molecular flexibility index (Phi) is 4.78. The fraction of sp³-hybridized carbons (Fsp3) is 0.250. The van der Waals surface area contributed by atoms with Crippen molar-refractivity contribution in [3.63, 3.8) is 0 Å². The second-order valence-corrected chi connectivity index (χ2v) is 5.65. The molecule has 0 radical (unpaired) electrons. The first kappa shape index (κ1) is 15.0. The van der Waals surface area contributed by atoms with E-state index in [1.807, 2.05) is 31.2 Å². The van der Waals surface area contributed by atoms with E-state index in [1.54, 1.807) is 12.1 Å². The van der Waals surface area contributed by atoms with Crippen molar-refractivity contribution in [2.45, 2.75) is 18.9 Å². The van der Waals surface area contributed by atoms with Gasteiger partial charge in [0, 0.05) is 10.2 Å². The molecule has 106 valence electrons. The summed E-state index contributed by atoms with van der Waals surface area (Å²) in [5.74, 6) is -0.279. The van der Waals surface area contributed by atoms with Crippen LogP contribution in [0.2, 0.25) is 0 Å². The molecule has 1 atom stereocenters. The molecule has 0 saturated heterocycles. The summed E-state index contributed by atoms with van der Waals surface area (Å²) in [5, 5.41) is 13.2. The second kappa shape index (κ2) is 6.37. The molecule has 0 fully saturated rings. The number of rotatable bonds is 5. The average molecular weight is 338 g/mol. The molecule has 2 aromatic rings. The smallest absolute Gasteiger partial charge is 0.123 e. The second-order valence-electron chi connectivity index (χ2n) is 4.74. The van der Waals surface area contributed by atoms with Gasteiger partial charge in [0.25, 0.3) is 0 Å². The van der Waals surface area contributed by atoms with Gasteiger partial charge in [-0.05, 0) is 42.3 Å². The lowest BCUT2D eigenvalue weighted by Gasteiger charge is -2.34. The van der Waals surface area contributed by atoms with Crippen LogP contribution in [-0.4, -0.2) is 11.7 Å². The molecular formula is C16H17BrFNO. The first-order valence-electron chi connectivity index (χ1n) is 6.50. The van der Waals surface area contributed by atoms with E-state index in [9.17, 15) is 9.50 Å². The minimum atomic E-state index is -0.617. The van der Waals surface area contributed by atoms with E-state index in [0.29, 0.717) is 6.42 Å². The Labute approximate surface area is 126 Å². The van der Waals surface area contributed by atoms with Crippen molar-refractivity contribution in [1.29, 1.82) is 0 Å². The van der Waals surface area contributed by atoms with Crippen LogP contribution in [0.4, 0.5) is 10.1 Å². The van der Waals surface area contributed by atoms with Gasteiger partial charge in [0.1, 0.15) is 5.82 Å². The lowest BCUT2D eigenvalue weighted by atomic mass is 9.87. The van der Waals surface area contributed by atoms with Crippen LogP contribution < -0.4 is 5.32 Å². The van der Waals surface area contributed by atoms with Gasteiger partial charge in [0.15, 0.2) is 0 Å². The fourth-order valence-electron chi connectivity index (χ4n) is 2.22. The van der Waals surface area contributed by atoms with Crippen LogP contribution in [-0.2, 0) is 5.54 Å². The van der Waals surface area contributed by atoms with Crippen LogP contribution in [0.15, 0.2) is 53.0 Å². The number of anilines is 1. The highest BCUT2D eigenvalue weighted by molar-refractivity contribution is 9.10. The molecule has 2 rings (SSSR count). The fourth-order valence-corrected chi connectivity index (χ4v) is 2.62. The van der Waals surface area contributed by atoms with E-state index in [0.717, 1.165) is 15.7 Å². The maximum absolute atomic E-state index is 13.1. The summed E-state index contributed by atoms with van der Waals surface area (Å²) in [5.41, 5.74) is 1.15. The number of hydrogen-bond acceptors (Lipinski definition) is 2. The first-order valence-corrected chi connectivity index (χ1v) is 7.29. The van der Waals surface area contributed by atoms with Gasteiger partial charge in [0.05, 0.1) is 12.1 Å². The van der Waals surface area contributed by atoms with Crippen molar-refractivity contribution in [1.82, 2.24) is 0 Å². The maximum Gasteiger partial charge on any atom is 0.123 e. The number of hydrogen-bond donors (Lipinski definition) is 2. The molecule has 0 aliphatic heterocycles. The molecule has 0 spiro atoms. The van der Waals surface area contributed by atoms with Crippen molar-refractivity contribution in [3.05, 3.63) is 64.4 Å². The Balaban J connectivity index is 2.36. The van der Waals surface area contributed by atoms with Crippen LogP contribution in [0.25, 0.3) is 0 Å². The van der Waals surface area contributed by atoms with Crippen LogP contribution in [0.1, 0.15) is 18.9 Å². The van der Waals surface area contributed by atoms with Gasteiger partial charge >= 0.3 is 0 Å². The Hall–Kier alpha value is -1.39. The summed E-state index contributed by atoms with van der Waals surface area (Å²) >= 11 is 3.43. The predicted molar refractivity (Wildman–Crippen MR) is 83.2 cm³/mol. The zero-order valence-electron chi connectivity index (χ0n) is 11.2. The Morgan fingerprint density at radius 3 is 2.45 bits per heavy atom. The van der Waals surface area contributed by atoms with E-state index in [1.165, 1.54) is 12.1 Å². The van der Waals surface area contributed by atoms with Gasteiger partial charge in [-0.2, -0.15) is 0 Å². The predicted octanol–water partition coefficient (Wildman–Crippen LogP) is 4.30. The standard InChI is InChI=1S/C16H17BrFNO/c1-2-16(11-20,12-6-8-14(18)9-7-12)19-15-5-3-4-13(17)10-15/h3-10,19-20H,2,11H2,1H3. The number of aliphatic hydroxyl groups is 1. The molecule has 0 saturated carbocycles. The largest absolute Gasteiger partial charge is 0.394 e. The third-order valence-electron chi connectivity index (χ3n) is 3.48. The summed E-state index contributed by atoms with van der Waals surface area (Å²) < 4.78 is 14.0.